The Hall–Kier alpha value is -0.580. The van der Waals surface area contributed by atoms with Gasteiger partial charge in [-0.1, -0.05) is 0 Å². The van der Waals surface area contributed by atoms with Crippen molar-refractivity contribution in [1.82, 2.24) is 0 Å². The van der Waals surface area contributed by atoms with E-state index in [0.29, 0.717) is 19.8 Å². The quantitative estimate of drug-likeness (QED) is 0.855. The van der Waals surface area contributed by atoms with Crippen LogP contribution in [0.5, 0.6) is 5.75 Å². The summed E-state index contributed by atoms with van der Waals surface area (Å²) in [5.41, 5.74) is 1.00. The van der Waals surface area contributed by atoms with Gasteiger partial charge in [-0.15, -0.1) is 0 Å². The third-order valence-electron chi connectivity index (χ3n) is 2.59. The average Bonchev–Trinajstić information content (AvgIpc) is 2.70. The smallest absolute Gasteiger partial charge is 0.192 e. The van der Waals surface area contributed by atoms with E-state index in [1.54, 1.807) is 0 Å². The van der Waals surface area contributed by atoms with Crippen LogP contribution in [-0.4, -0.2) is 19.8 Å². The zero-order valence-corrected chi connectivity index (χ0v) is 11.0. The van der Waals surface area contributed by atoms with Crippen molar-refractivity contribution < 1.29 is 14.2 Å². The van der Waals surface area contributed by atoms with Gasteiger partial charge in [0.05, 0.1) is 24.3 Å². The molecule has 0 aromatic heterocycles. The molecular weight excluding hydrogens is 272 g/mol. The first-order valence-corrected chi connectivity index (χ1v) is 6.16. The van der Waals surface area contributed by atoms with Crippen LogP contribution in [0.2, 0.25) is 0 Å². The second-order valence-corrected chi connectivity index (χ2v) is 4.58. The predicted octanol–water partition coefficient (Wildman–Crippen LogP) is 3.07. The molecule has 2 rings (SSSR count). The van der Waals surface area contributed by atoms with Gasteiger partial charge in [-0.25, -0.2) is 0 Å². The number of halogens is 1. The van der Waals surface area contributed by atoms with E-state index in [9.17, 15) is 0 Å². The molecule has 1 fully saturated rings. The lowest BCUT2D eigenvalue weighted by Crippen LogP contribution is -2.22. The Morgan fingerprint density at radius 2 is 2.06 bits per heavy atom. The number of hydrogen-bond acceptors (Lipinski definition) is 3. The van der Waals surface area contributed by atoms with Crippen molar-refractivity contribution in [3.8, 4) is 5.75 Å². The average molecular weight is 287 g/mol. The van der Waals surface area contributed by atoms with Crippen molar-refractivity contribution >= 4 is 15.9 Å². The lowest BCUT2D eigenvalue weighted by atomic mass is 10.1. The molecule has 0 atom stereocenters. The molecular formula is C12H15BrO3. The summed E-state index contributed by atoms with van der Waals surface area (Å²) in [7, 11) is 0. The summed E-state index contributed by atoms with van der Waals surface area (Å²) in [6.45, 7) is 5.83. The van der Waals surface area contributed by atoms with Gasteiger partial charge in [-0.2, -0.15) is 0 Å². The Morgan fingerprint density at radius 3 is 2.62 bits per heavy atom. The zero-order chi connectivity index (χ0) is 11.6. The van der Waals surface area contributed by atoms with Gasteiger partial charge < -0.3 is 14.2 Å². The molecule has 0 radical (unpaired) electrons. The van der Waals surface area contributed by atoms with Gasteiger partial charge in [0.15, 0.2) is 5.79 Å². The Labute approximate surface area is 104 Å². The fraction of sp³-hybridized carbons (Fsp3) is 0.500. The lowest BCUT2D eigenvalue weighted by molar-refractivity contribution is -0.149. The minimum absolute atomic E-state index is 0.618. The first-order valence-electron chi connectivity index (χ1n) is 5.36. The highest BCUT2D eigenvalue weighted by molar-refractivity contribution is 9.10. The minimum Gasteiger partial charge on any atom is -0.493 e. The molecule has 0 amide bonds. The largest absolute Gasteiger partial charge is 0.493 e. The molecule has 1 aliphatic rings. The topological polar surface area (TPSA) is 27.7 Å². The maximum absolute atomic E-state index is 5.60. The van der Waals surface area contributed by atoms with Crippen LogP contribution in [0.4, 0.5) is 0 Å². The summed E-state index contributed by atoms with van der Waals surface area (Å²) < 4.78 is 17.6. The Bertz CT molecular complexity index is 373. The second-order valence-electron chi connectivity index (χ2n) is 3.72. The first kappa shape index (κ1) is 11.9. The molecule has 0 spiro atoms. The van der Waals surface area contributed by atoms with Gasteiger partial charge in [0.2, 0.25) is 0 Å². The molecule has 88 valence electrons. The standard InChI is InChI=1S/C12H15BrO3/c1-3-14-11-5-4-9(8-10(11)13)12(2)15-6-7-16-12/h4-5,8H,3,6-7H2,1-2H3. The van der Waals surface area contributed by atoms with Crippen molar-refractivity contribution in [2.75, 3.05) is 19.8 Å². The number of hydrogen-bond donors (Lipinski definition) is 0. The zero-order valence-electron chi connectivity index (χ0n) is 9.46. The number of rotatable bonds is 3. The number of benzene rings is 1. The Kier molecular flexibility index (Phi) is 3.52. The van der Waals surface area contributed by atoms with Crippen LogP contribution in [0.15, 0.2) is 22.7 Å². The van der Waals surface area contributed by atoms with Gasteiger partial charge in [0.1, 0.15) is 5.75 Å². The normalized spacial score (nSPS) is 18.7. The summed E-state index contributed by atoms with van der Waals surface area (Å²) in [6, 6.07) is 5.89. The van der Waals surface area contributed by atoms with E-state index in [1.165, 1.54) is 0 Å². The van der Waals surface area contributed by atoms with E-state index >= 15 is 0 Å². The molecule has 0 unspecified atom stereocenters. The maximum atomic E-state index is 5.60. The summed E-state index contributed by atoms with van der Waals surface area (Å²) in [5.74, 6) is 0.223. The van der Waals surface area contributed by atoms with Gasteiger partial charge in [0.25, 0.3) is 0 Å². The number of ether oxygens (including phenoxy) is 3. The van der Waals surface area contributed by atoms with E-state index in [-0.39, 0.29) is 0 Å². The van der Waals surface area contributed by atoms with Crippen molar-refractivity contribution in [1.29, 1.82) is 0 Å². The fourth-order valence-corrected chi connectivity index (χ4v) is 2.23. The highest BCUT2D eigenvalue weighted by Gasteiger charge is 2.33. The van der Waals surface area contributed by atoms with Crippen LogP contribution in [0.25, 0.3) is 0 Å². The highest BCUT2D eigenvalue weighted by Crippen LogP contribution is 2.35. The Balaban J connectivity index is 2.26. The third-order valence-corrected chi connectivity index (χ3v) is 3.21. The predicted molar refractivity (Wildman–Crippen MR) is 64.6 cm³/mol. The van der Waals surface area contributed by atoms with Crippen LogP contribution in [0, 0.1) is 0 Å². The van der Waals surface area contributed by atoms with Crippen molar-refractivity contribution in [2.45, 2.75) is 19.6 Å². The summed E-state index contributed by atoms with van der Waals surface area (Å²) in [6.07, 6.45) is 0. The summed E-state index contributed by atoms with van der Waals surface area (Å²) in [4.78, 5) is 0. The second kappa shape index (κ2) is 4.73. The molecule has 1 saturated heterocycles. The van der Waals surface area contributed by atoms with E-state index in [1.807, 2.05) is 32.0 Å². The molecule has 1 aliphatic heterocycles. The van der Waals surface area contributed by atoms with Crippen LogP contribution in [0.3, 0.4) is 0 Å². The molecule has 4 heteroatoms. The van der Waals surface area contributed by atoms with Gasteiger partial charge >= 0.3 is 0 Å². The minimum atomic E-state index is -0.618. The maximum Gasteiger partial charge on any atom is 0.192 e. The molecule has 1 heterocycles. The van der Waals surface area contributed by atoms with Crippen LogP contribution < -0.4 is 4.74 Å². The highest BCUT2D eigenvalue weighted by atomic mass is 79.9. The van der Waals surface area contributed by atoms with Crippen molar-refractivity contribution in [3.63, 3.8) is 0 Å². The monoisotopic (exact) mass is 286 g/mol. The molecule has 16 heavy (non-hydrogen) atoms. The Morgan fingerprint density at radius 1 is 1.38 bits per heavy atom. The van der Waals surface area contributed by atoms with Crippen molar-refractivity contribution in [2.24, 2.45) is 0 Å². The van der Waals surface area contributed by atoms with Crippen molar-refractivity contribution in [3.05, 3.63) is 28.2 Å². The molecule has 0 bridgehead atoms. The fourth-order valence-electron chi connectivity index (χ4n) is 1.74. The molecule has 0 saturated carbocycles. The SMILES string of the molecule is CCOc1ccc(C2(C)OCCO2)cc1Br. The van der Waals surface area contributed by atoms with Crippen LogP contribution in [0.1, 0.15) is 19.4 Å². The van der Waals surface area contributed by atoms with Crippen LogP contribution in [-0.2, 0) is 15.3 Å². The van der Waals surface area contributed by atoms with E-state index in [2.05, 4.69) is 15.9 Å². The van der Waals surface area contributed by atoms with Gasteiger partial charge in [0, 0.05) is 5.56 Å². The molecule has 1 aromatic carbocycles. The van der Waals surface area contributed by atoms with E-state index < -0.39 is 5.79 Å². The summed E-state index contributed by atoms with van der Waals surface area (Å²) in [5, 5.41) is 0. The third kappa shape index (κ3) is 2.24. The van der Waals surface area contributed by atoms with Gasteiger partial charge in [-0.3, -0.25) is 0 Å². The first-order chi connectivity index (χ1) is 7.65. The lowest BCUT2D eigenvalue weighted by Gasteiger charge is -2.23. The molecule has 3 nitrogen and oxygen atoms in total. The van der Waals surface area contributed by atoms with E-state index in [0.717, 1.165) is 15.8 Å². The molecule has 0 aliphatic carbocycles. The van der Waals surface area contributed by atoms with Crippen LogP contribution >= 0.6 is 15.9 Å². The summed E-state index contributed by atoms with van der Waals surface area (Å²) >= 11 is 3.48. The molecule has 0 N–H and O–H groups in total. The van der Waals surface area contributed by atoms with E-state index in [4.69, 9.17) is 14.2 Å². The molecule has 1 aromatic rings. The van der Waals surface area contributed by atoms with Gasteiger partial charge in [-0.05, 0) is 48.0 Å².